The molecule has 2 N–H and O–H groups in total. The predicted octanol–water partition coefficient (Wildman–Crippen LogP) is 3.09. The molecule has 112 valence electrons. The van der Waals surface area contributed by atoms with Gasteiger partial charge in [0.15, 0.2) is 0 Å². The molecule has 2 nitrogen and oxygen atoms in total. The largest absolute Gasteiger partial charge is 0.401 e. The van der Waals surface area contributed by atoms with E-state index in [1.165, 1.54) is 0 Å². The maximum atomic E-state index is 12.4. The molecule has 19 heavy (non-hydrogen) atoms. The number of hydrogen-bond acceptors (Lipinski definition) is 2. The highest BCUT2D eigenvalue weighted by Crippen LogP contribution is 2.61. The zero-order chi connectivity index (χ0) is 14.3. The van der Waals surface area contributed by atoms with Gasteiger partial charge in [0, 0.05) is 11.6 Å². The number of rotatable bonds is 5. The summed E-state index contributed by atoms with van der Waals surface area (Å²) in [6.45, 7) is 3.52. The van der Waals surface area contributed by atoms with Crippen LogP contribution in [0.4, 0.5) is 13.2 Å². The van der Waals surface area contributed by atoms with E-state index in [2.05, 4.69) is 24.5 Å². The van der Waals surface area contributed by atoms with E-state index in [0.29, 0.717) is 12.0 Å². The third-order valence-corrected chi connectivity index (χ3v) is 5.01. The van der Waals surface area contributed by atoms with Crippen LogP contribution in [0.1, 0.15) is 46.0 Å². The molecule has 1 atom stereocenters. The highest BCUT2D eigenvalue weighted by atomic mass is 19.4. The summed E-state index contributed by atoms with van der Waals surface area (Å²) >= 11 is 0. The van der Waals surface area contributed by atoms with E-state index in [1.54, 1.807) is 0 Å². The van der Waals surface area contributed by atoms with Crippen molar-refractivity contribution in [1.29, 1.82) is 0 Å². The maximum Gasteiger partial charge on any atom is 0.401 e. The molecule has 0 spiro atoms. The van der Waals surface area contributed by atoms with Crippen molar-refractivity contribution in [3.05, 3.63) is 0 Å². The molecular formula is C14H25F3N2. The molecule has 3 fully saturated rings. The van der Waals surface area contributed by atoms with Crippen molar-refractivity contribution in [2.24, 2.45) is 11.3 Å². The minimum absolute atomic E-state index is 0.208. The first kappa shape index (κ1) is 15.1. The van der Waals surface area contributed by atoms with Crippen LogP contribution >= 0.6 is 0 Å². The van der Waals surface area contributed by atoms with Crippen LogP contribution in [-0.2, 0) is 0 Å². The van der Waals surface area contributed by atoms with Gasteiger partial charge in [0.05, 0.1) is 6.54 Å². The summed E-state index contributed by atoms with van der Waals surface area (Å²) < 4.78 is 37.1. The summed E-state index contributed by atoms with van der Waals surface area (Å²) in [6.07, 6.45) is 0.742. The van der Waals surface area contributed by atoms with E-state index in [1.807, 2.05) is 7.05 Å². The summed E-state index contributed by atoms with van der Waals surface area (Å²) in [7, 11) is 1.97. The van der Waals surface area contributed by atoms with Crippen molar-refractivity contribution in [1.82, 2.24) is 10.6 Å². The van der Waals surface area contributed by atoms with Gasteiger partial charge in [0.1, 0.15) is 0 Å². The zero-order valence-corrected chi connectivity index (χ0v) is 12.0. The van der Waals surface area contributed by atoms with Crippen molar-refractivity contribution in [3.63, 3.8) is 0 Å². The Balaban J connectivity index is 1.99. The summed E-state index contributed by atoms with van der Waals surface area (Å²) in [5, 5.41) is 6.18. The smallest absolute Gasteiger partial charge is 0.316 e. The molecule has 0 aliphatic heterocycles. The topological polar surface area (TPSA) is 24.1 Å². The number of alkyl halides is 3. The molecule has 0 radical (unpaired) electrons. The monoisotopic (exact) mass is 278 g/mol. The second-order valence-corrected chi connectivity index (χ2v) is 6.83. The zero-order valence-electron chi connectivity index (χ0n) is 12.0. The van der Waals surface area contributed by atoms with Crippen molar-refractivity contribution >= 4 is 0 Å². The first-order valence-corrected chi connectivity index (χ1v) is 7.21. The fourth-order valence-electron chi connectivity index (χ4n) is 4.65. The van der Waals surface area contributed by atoms with E-state index in [4.69, 9.17) is 0 Å². The first-order chi connectivity index (χ1) is 8.72. The Labute approximate surface area is 113 Å². The molecule has 2 bridgehead atoms. The van der Waals surface area contributed by atoms with Crippen molar-refractivity contribution in [2.75, 3.05) is 13.6 Å². The molecule has 5 heteroatoms. The molecule has 1 unspecified atom stereocenters. The Hall–Kier alpha value is -0.290. The Morgan fingerprint density at radius 1 is 1.16 bits per heavy atom. The molecule has 0 aromatic heterocycles. The van der Waals surface area contributed by atoms with Gasteiger partial charge in [-0.3, -0.25) is 0 Å². The van der Waals surface area contributed by atoms with Gasteiger partial charge >= 0.3 is 6.18 Å². The quantitative estimate of drug-likeness (QED) is 0.807. The minimum Gasteiger partial charge on any atom is -0.316 e. The van der Waals surface area contributed by atoms with Gasteiger partial charge in [0.25, 0.3) is 0 Å². The van der Waals surface area contributed by atoms with Gasteiger partial charge in [-0.1, -0.05) is 20.3 Å². The van der Waals surface area contributed by atoms with Crippen LogP contribution in [0.15, 0.2) is 0 Å². The second kappa shape index (κ2) is 4.92. The first-order valence-electron chi connectivity index (χ1n) is 7.21. The Morgan fingerprint density at radius 3 is 2.26 bits per heavy atom. The number of hydrogen-bond donors (Lipinski definition) is 2. The number of nitrogens with one attached hydrogen (secondary N) is 2. The average Bonchev–Trinajstić information content (AvgIpc) is 2.25. The average molecular weight is 278 g/mol. The lowest BCUT2D eigenvalue weighted by Crippen LogP contribution is -2.70. The number of halogens is 3. The summed E-state index contributed by atoms with van der Waals surface area (Å²) in [6, 6.07) is 0.411. The van der Waals surface area contributed by atoms with E-state index >= 15 is 0 Å². The van der Waals surface area contributed by atoms with E-state index in [-0.39, 0.29) is 11.0 Å². The van der Waals surface area contributed by atoms with Gasteiger partial charge < -0.3 is 10.6 Å². The molecule has 0 aromatic carbocycles. The van der Waals surface area contributed by atoms with Gasteiger partial charge in [-0.15, -0.1) is 0 Å². The lowest BCUT2D eigenvalue weighted by molar-refractivity contribution is -0.148. The molecular weight excluding hydrogens is 253 g/mol. The van der Waals surface area contributed by atoms with Crippen LogP contribution in [-0.4, -0.2) is 31.3 Å². The third-order valence-electron chi connectivity index (χ3n) is 5.01. The number of fused-ring (bicyclic) bond motifs is 2. The van der Waals surface area contributed by atoms with Crippen LogP contribution in [0, 0.1) is 11.3 Å². The predicted molar refractivity (Wildman–Crippen MR) is 70.0 cm³/mol. The summed E-state index contributed by atoms with van der Waals surface area (Å²) in [5.74, 6) is 0.517. The minimum atomic E-state index is -4.11. The van der Waals surface area contributed by atoms with E-state index in [0.717, 1.165) is 32.1 Å². The highest BCUT2D eigenvalue weighted by molar-refractivity contribution is 5.16. The maximum absolute atomic E-state index is 12.4. The second-order valence-electron chi connectivity index (χ2n) is 6.83. The molecule has 0 saturated heterocycles. The summed E-state index contributed by atoms with van der Waals surface area (Å²) in [4.78, 5) is 0. The van der Waals surface area contributed by atoms with Gasteiger partial charge in [-0.2, -0.15) is 13.2 Å². The van der Waals surface area contributed by atoms with Crippen LogP contribution < -0.4 is 10.6 Å². The van der Waals surface area contributed by atoms with Crippen LogP contribution in [0.2, 0.25) is 0 Å². The highest BCUT2D eigenvalue weighted by Gasteiger charge is 2.60. The van der Waals surface area contributed by atoms with Gasteiger partial charge in [0.2, 0.25) is 0 Å². The Kier molecular flexibility index (Phi) is 3.91. The molecule has 0 aromatic rings. The Bertz CT molecular complexity index is 319. The van der Waals surface area contributed by atoms with Crippen molar-refractivity contribution < 1.29 is 13.2 Å². The fraction of sp³-hybridized carbons (Fsp3) is 1.00. The molecule has 3 saturated carbocycles. The van der Waals surface area contributed by atoms with Gasteiger partial charge in [-0.25, -0.2) is 0 Å². The van der Waals surface area contributed by atoms with Crippen LogP contribution in [0.3, 0.4) is 0 Å². The normalized spacial score (nSPS) is 36.2. The molecule has 0 heterocycles. The molecule has 3 rings (SSSR count). The SMILES string of the molecule is CNC(C(C)C)C12CCCC(NCC(F)(F)F)(C1)C2. The van der Waals surface area contributed by atoms with E-state index < -0.39 is 12.7 Å². The van der Waals surface area contributed by atoms with E-state index in [9.17, 15) is 13.2 Å². The Morgan fingerprint density at radius 2 is 1.79 bits per heavy atom. The summed E-state index contributed by atoms with van der Waals surface area (Å²) in [5.41, 5.74) is -0.0441. The standard InChI is InChI=1S/C14H25F3N2/c1-10(2)11(18-3)12-5-4-6-13(7-12,8-12)19-9-14(15,16)17/h10-11,18-19H,4-9H2,1-3H3. The lowest BCUT2D eigenvalue weighted by atomic mass is 9.46. The molecule has 3 aliphatic carbocycles. The van der Waals surface area contributed by atoms with Crippen LogP contribution in [0.5, 0.6) is 0 Å². The van der Waals surface area contributed by atoms with Gasteiger partial charge in [-0.05, 0) is 44.1 Å². The van der Waals surface area contributed by atoms with Crippen LogP contribution in [0.25, 0.3) is 0 Å². The molecule has 0 amide bonds. The lowest BCUT2D eigenvalue weighted by Gasteiger charge is -2.64. The van der Waals surface area contributed by atoms with Crippen molar-refractivity contribution in [2.45, 2.75) is 63.7 Å². The fourth-order valence-corrected chi connectivity index (χ4v) is 4.65. The molecule has 3 aliphatic rings. The van der Waals surface area contributed by atoms with Crippen molar-refractivity contribution in [3.8, 4) is 0 Å². The third kappa shape index (κ3) is 2.92.